The molecule has 4 heteroatoms. The molecule has 2 N–H and O–H groups in total. The Morgan fingerprint density at radius 1 is 1.10 bits per heavy atom. The fraction of sp³-hybridized carbons (Fsp3) is 0.812. The Labute approximate surface area is 120 Å². The summed E-state index contributed by atoms with van der Waals surface area (Å²) in [5.74, 6) is 0.809. The van der Waals surface area contributed by atoms with Crippen LogP contribution >= 0.6 is 0 Å². The van der Waals surface area contributed by atoms with E-state index in [9.17, 15) is 9.18 Å². The lowest BCUT2D eigenvalue weighted by molar-refractivity contribution is -0.119. The minimum Gasteiger partial charge on any atom is -0.443 e. The number of carbonyl (C=O) groups excluding carboxylic acids is 1. The highest BCUT2D eigenvalue weighted by Crippen LogP contribution is 2.28. The van der Waals surface area contributed by atoms with Crippen molar-refractivity contribution in [1.29, 1.82) is 0 Å². The monoisotopic (exact) mass is 285 g/mol. The first-order chi connectivity index (χ1) is 9.69. The molecule has 2 aliphatic rings. The number of halogens is 1. The molecule has 0 radical (unpaired) electrons. The standard InChI is InChI=1S/C16H25FO3/c17-11-20-15-8-1-12(2-9-15)3-10-16(19)13-4-6-14(18)7-5-13/h3,10,12-15,18H,1-2,4-9,11H2/p+1. The predicted molar refractivity (Wildman–Crippen MR) is 76.3 cm³/mol. The van der Waals surface area contributed by atoms with Crippen molar-refractivity contribution in [1.82, 2.24) is 0 Å². The van der Waals surface area contributed by atoms with Crippen LogP contribution in [-0.2, 0) is 9.53 Å². The van der Waals surface area contributed by atoms with Gasteiger partial charge in [-0.1, -0.05) is 6.08 Å². The number of hydrogen-bond donors (Lipinski definition) is 0. The molecule has 0 aliphatic heterocycles. The molecule has 0 bridgehead atoms. The Balaban J connectivity index is 1.72. The molecule has 2 saturated carbocycles. The fourth-order valence-electron chi connectivity index (χ4n) is 3.28. The third-order valence-corrected chi connectivity index (χ3v) is 4.68. The maximum atomic E-state index is 12.1. The van der Waals surface area contributed by atoms with Crippen LogP contribution < -0.4 is 0 Å². The van der Waals surface area contributed by atoms with Crippen molar-refractivity contribution in [2.75, 3.05) is 6.86 Å². The van der Waals surface area contributed by atoms with Gasteiger partial charge >= 0.3 is 0 Å². The summed E-state index contributed by atoms with van der Waals surface area (Å²) in [4.78, 5) is 12.1. The third-order valence-electron chi connectivity index (χ3n) is 4.68. The van der Waals surface area contributed by atoms with Gasteiger partial charge in [0, 0.05) is 18.8 Å². The fourth-order valence-corrected chi connectivity index (χ4v) is 3.28. The van der Waals surface area contributed by atoms with E-state index < -0.39 is 6.86 Å². The minimum absolute atomic E-state index is 0.0359. The molecule has 0 unspecified atom stereocenters. The maximum Gasteiger partial charge on any atom is 0.188 e. The Kier molecular flexibility index (Phi) is 6.17. The Morgan fingerprint density at radius 3 is 2.35 bits per heavy atom. The van der Waals surface area contributed by atoms with Gasteiger partial charge in [-0.25, -0.2) is 4.39 Å². The number of ketones is 1. The number of ether oxygens (including phenoxy) is 1. The van der Waals surface area contributed by atoms with E-state index >= 15 is 0 Å². The van der Waals surface area contributed by atoms with Crippen LogP contribution in [0.3, 0.4) is 0 Å². The maximum absolute atomic E-state index is 12.1. The van der Waals surface area contributed by atoms with E-state index in [0.29, 0.717) is 5.92 Å². The molecule has 2 aliphatic carbocycles. The molecule has 0 saturated heterocycles. The van der Waals surface area contributed by atoms with Crippen LogP contribution in [0.15, 0.2) is 12.2 Å². The molecule has 2 rings (SSSR count). The van der Waals surface area contributed by atoms with Crippen LogP contribution in [0, 0.1) is 11.8 Å². The average molecular weight is 285 g/mol. The molecule has 0 heterocycles. The number of rotatable bonds is 5. The first-order valence-electron chi connectivity index (χ1n) is 7.79. The Hall–Kier alpha value is -0.740. The van der Waals surface area contributed by atoms with Crippen molar-refractivity contribution < 1.29 is 19.0 Å². The molecule has 0 spiro atoms. The number of allylic oxidation sites excluding steroid dienone is 2. The molecule has 0 amide bonds. The smallest absolute Gasteiger partial charge is 0.188 e. The van der Waals surface area contributed by atoms with Crippen LogP contribution in [0.25, 0.3) is 0 Å². The van der Waals surface area contributed by atoms with Gasteiger partial charge in [0.2, 0.25) is 0 Å². The molecule has 3 nitrogen and oxygen atoms in total. The molecule has 20 heavy (non-hydrogen) atoms. The van der Waals surface area contributed by atoms with Crippen molar-refractivity contribution in [2.45, 2.75) is 63.6 Å². The summed E-state index contributed by atoms with van der Waals surface area (Å²) in [7, 11) is 0. The molecule has 0 aromatic heterocycles. The van der Waals surface area contributed by atoms with Gasteiger partial charge in [-0.3, -0.25) is 4.79 Å². The molecule has 0 atom stereocenters. The van der Waals surface area contributed by atoms with Gasteiger partial charge in [-0.2, -0.15) is 0 Å². The van der Waals surface area contributed by atoms with E-state index in [4.69, 9.17) is 9.84 Å². The summed E-state index contributed by atoms with van der Waals surface area (Å²) in [6, 6.07) is 0. The van der Waals surface area contributed by atoms with Crippen LogP contribution in [0.4, 0.5) is 4.39 Å². The van der Waals surface area contributed by atoms with Gasteiger partial charge in [0.15, 0.2) is 18.7 Å². The Bertz CT molecular complexity index is 327. The summed E-state index contributed by atoms with van der Waals surface area (Å²) < 4.78 is 17.1. The van der Waals surface area contributed by atoms with Gasteiger partial charge in [0.05, 0.1) is 6.10 Å². The molecule has 114 valence electrons. The van der Waals surface area contributed by atoms with Crippen molar-refractivity contribution >= 4 is 5.78 Å². The zero-order valence-electron chi connectivity index (χ0n) is 12.0. The topological polar surface area (TPSA) is 49.2 Å². The first-order valence-corrected chi connectivity index (χ1v) is 7.79. The van der Waals surface area contributed by atoms with E-state index in [2.05, 4.69) is 0 Å². The summed E-state index contributed by atoms with van der Waals surface area (Å²) in [6.45, 7) is -0.692. The average Bonchev–Trinajstić information content (AvgIpc) is 2.47. The minimum atomic E-state index is -0.692. The largest absolute Gasteiger partial charge is 0.443 e. The highest BCUT2D eigenvalue weighted by atomic mass is 19.1. The van der Waals surface area contributed by atoms with Gasteiger partial charge in [0.25, 0.3) is 0 Å². The highest BCUT2D eigenvalue weighted by molar-refractivity contribution is 5.91. The summed E-state index contributed by atoms with van der Waals surface area (Å²) >= 11 is 0. The van der Waals surface area contributed by atoms with Gasteiger partial charge in [-0.15, -0.1) is 0 Å². The van der Waals surface area contributed by atoms with E-state index in [1.165, 1.54) is 0 Å². The van der Waals surface area contributed by atoms with Crippen LogP contribution in [0.2, 0.25) is 0 Å². The zero-order valence-corrected chi connectivity index (χ0v) is 12.0. The normalized spacial score (nSPS) is 35.3. The van der Waals surface area contributed by atoms with E-state index in [1.807, 2.05) is 6.08 Å². The molecule has 0 aromatic carbocycles. The number of alkyl halides is 1. The van der Waals surface area contributed by atoms with E-state index in [0.717, 1.165) is 51.4 Å². The second-order valence-corrected chi connectivity index (χ2v) is 6.12. The lowest BCUT2D eigenvalue weighted by Gasteiger charge is -2.26. The van der Waals surface area contributed by atoms with Gasteiger partial charge in [0.1, 0.15) is 0 Å². The summed E-state index contributed by atoms with van der Waals surface area (Å²) in [5, 5.41) is 7.65. The van der Waals surface area contributed by atoms with Crippen LogP contribution in [-0.4, -0.2) is 30.0 Å². The lowest BCUT2D eigenvalue weighted by atomic mass is 9.83. The number of hydrogen-bond acceptors (Lipinski definition) is 2. The van der Waals surface area contributed by atoms with Crippen molar-refractivity contribution in [3.8, 4) is 0 Å². The third kappa shape index (κ3) is 4.67. The second kappa shape index (κ2) is 7.89. The van der Waals surface area contributed by atoms with Crippen molar-refractivity contribution in [3.63, 3.8) is 0 Å². The molecule has 0 aromatic rings. The second-order valence-electron chi connectivity index (χ2n) is 6.12. The highest BCUT2D eigenvalue weighted by Gasteiger charge is 2.26. The van der Waals surface area contributed by atoms with Crippen molar-refractivity contribution in [2.24, 2.45) is 11.8 Å². The van der Waals surface area contributed by atoms with E-state index in [1.54, 1.807) is 6.08 Å². The number of carbonyl (C=O) groups is 1. The van der Waals surface area contributed by atoms with E-state index in [-0.39, 0.29) is 23.9 Å². The van der Waals surface area contributed by atoms with Crippen LogP contribution in [0.1, 0.15) is 51.4 Å². The molecular weight excluding hydrogens is 259 g/mol. The quantitative estimate of drug-likeness (QED) is 0.576. The summed E-state index contributed by atoms with van der Waals surface area (Å²) in [5.41, 5.74) is 0. The zero-order chi connectivity index (χ0) is 14.4. The predicted octanol–water partition coefficient (Wildman–Crippen LogP) is 2.90. The first kappa shape index (κ1) is 15.6. The summed E-state index contributed by atoms with van der Waals surface area (Å²) in [6.07, 6.45) is 11.1. The van der Waals surface area contributed by atoms with Gasteiger partial charge < -0.3 is 9.84 Å². The molecule has 2 fully saturated rings. The molecular formula is C16H26FO3+. The Morgan fingerprint density at radius 2 is 1.75 bits per heavy atom. The SMILES string of the molecule is O=C(C=CC1CCC(OCF)CC1)C1CCC([OH2+])CC1. The van der Waals surface area contributed by atoms with Crippen molar-refractivity contribution in [3.05, 3.63) is 12.2 Å². The van der Waals surface area contributed by atoms with Gasteiger partial charge in [-0.05, 0) is 50.5 Å². The van der Waals surface area contributed by atoms with Crippen LogP contribution in [0.5, 0.6) is 0 Å². The lowest BCUT2D eigenvalue weighted by Crippen LogP contribution is -2.23.